The summed E-state index contributed by atoms with van der Waals surface area (Å²) in [5.41, 5.74) is 3.75. The molecule has 0 saturated carbocycles. The van der Waals surface area contributed by atoms with E-state index in [0.717, 1.165) is 30.6 Å². The summed E-state index contributed by atoms with van der Waals surface area (Å²) < 4.78 is 7.19. The van der Waals surface area contributed by atoms with Gasteiger partial charge in [0.1, 0.15) is 0 Å². The maximum absolute atomic E-state index is 12.9. The number of hydrogen-bond donors (Lipinski definition) is 2. The van der Waals surface area contributed by atoms with Gasteiger partial charge < -0.3 is 15.4 Å². The zero-order valence-corrected chi connectivity index (χ0v) is 16.6. The molecule has 1 atom stereocenters. The first-order valence-electron chi connectivity index (χ1n) is 9.78. The Labute approximate surface area is 169 Å². The molecule has 1 aromatic carbocycles. The zero-order chi connectivity index (χ0) is 20.4. The number of fused-ring (bicyclic) bond motifs is 1. The molecule has 1 aliphatic heterocycles. The first-order chi connectivity index (χ1) is 14.0. The van der Waals surface area contributed by atoms with Crippen molar-refractivity contribution in [1.82, 2.24) is 14.7 Å². The third-order valence-corrected chi connectivity index (χ3v) is 5.25. The molecule has 2 aromatic heterocycles. The number of pyridine rings is 1. The minimum Gasteiger partial charge on any atom is -0.376 e. The van der Waals surface area contributed by atoms with Crippen LogP contribution in [-0.4, -0.2) is 40.5 Å². The molecule has 4 rings (SSSR count). The maximum atomic E-state index is 12.9. The number of rotatable bonds is 5. The molecule has 1 fully saturated rings. The van der Waals surface area contributed by atoms with Gasteiger partial charge in [-0.15, -0.1) is 0 Å². The first-order valence-corrected chi connectivity index (χ1v) is 9.78. The van der Waals surface area contributed by atoms with Crippen LogP contribution in [0.1, 0.15) is 45.1 Å². The van der Waals surface area contributed by atoms with Gasteiger partial charge in [-0.3, -0.25) is 14.0 Å². The topological polar surface area (TPSA) is 84.7 Å². The first kappa shape index (κ1) is 19.1. The van der Waals surface area contributed by atoms with Crippen LogP contribution in [0.5, 0.6) is 0 Å². The van der Waals surface area contributed by atoms with Crippen LogP contribution in [0.4, 0.5) is 5.69 Å². The Morgan fingerprint density at radius 2 is 2.03 bits per heavy atom. The van der Waals surface area contributed by atoms with Crippen molar-refractivity contribution in [2.75, 3.05) is 18.5 Å². The fraction of sp³-hybridized carbons (Fsp3) is 0.318. The number of ether oxygens (including phenoxy) is 1. The number of benzene rings is 1. The predicted octanol–water partition coefficient (Wildman–Crippen LogP) is 3.11. The van der Waals surface area contributed by atoms with Crippen LogP contribution in [0.3, 0.4) is 0 Å². The van der Waals surface area contributed by atoms with Gasteiger partial charge in [-0.2, -0.15) is 0 Å². The summed E-state index contributed by atoms with van der Waals surface area (Å²) in [4.78, 5) is 30.0. The van der Waals surface area contributed by atoms with E-state index < -0.39 is 0 Å². The lowest BCUT2D eigenvalue weighted by molar-refractivity contribution is 0.0855. The van der Waals surface area contributed by atoms with Gasteiger partial charge in [0, 0.05) is 25.0 Å². The van der Waals surface area contributed by atoms with E-state index in [-0.39, 0.29) is 29.4 Å². The van der Waals surface area contributed by atoms with Crippen molar-refractivity contribution in [1.29, 1.82) is 0 Å². The monoisotopic (exact) mass is 392 g/mol. The molecule has 0 radical (unpaired) electrons. The highest BCUT2D eigenvalue weighted by Gasteiger charge is 2.23. The van der Waals surface area contributed by atoms with Gasteiger partial charge in [-0.1, -0.05) is 12.1 Å². The molecule has 0 bridgehead atoms. The van der Waals surface area contributed by atoms with Crippen LogP contribution in [0.2, 0.25) is 0 Å². The minimum absolute atomic E-state index is 0.0420. The molecular weight excluding hydrogens is 368 g/mol. The number of nitrogens with zero attached hydrogens (tertiary/aromatic N) is 2. The van der Waals surface area contributed by atoms with E-state index in [1.54, 1.807) is 22.7 Å². The SMILES string of the molecule is Cc1ccc(NC(=O)c2nc(C(=O)NCC3CCCO3)c3ccccn23)cc1C. The number of carbonyl (C=O) groups is 2. The third-order valence-electron chi connectivity index (χ3n) is 5.25. The number of amides is 2. The van der Waals surface area contributed by atoms with E-state index in [2.05, 4.69) is 15.6 Å². The molecule has 7 heteroatoms. The number of hydrogen-bond acceptors (Lipinski definition) is 4. The van der Waals surface area contributed by atoms with Crippen molar-refractivity contribution in [3.05, 3.63) is 65.2 Å². The Morgan fingerprint density at radius 1 is 1.17 bits per heavy atom. The molecule has 0 spiro atoms. The summed E-state index contributed by atoms with van der Waals surface area (Å²) in [6.45, 7) is 5.18. The van der Waals surface area contributed by atoms with Crippen molar-refractivity contribution in [3.63, 3.8) is 0 Å². The average molecular weight is 392 g/mol. The highest BCUT2D eigenvalue weighted by Crippen LogP contribution is 2.18. The molecule has 3 heterocycles. The molecule has 29 heavy (non-hydrogen) atoms. The summed E-state index contributed by atoms with van der Waals surface area (Å²) in [7, 11) is 0. The van der Waals surface area contributed by atoms with Crippen LogP contribution in [-0.2, 0) is 4.74 Å². The standard InChI is InChI=1S/C22H24N4O3/c1-14-8-9-16(12-15(14)2)24-22(28)20-25-19(18-7-3-4-10-26(18)20)21(27)23-13-17-6-5-11-29-17/h3-4,7-10,12,17H,5-6,11,13H2,1-2H3,(H,23,27)(H,24,28). The molecule has 1 saturated heterocycles. The predicted molar refractivity (Wildman–Crippen MR) is 110 cm³/mol. The number of nitrogens with one attached hydrogen (secondary N) is 2. The van der Waals surface area contributed by atoms with Crippen LogP contribution < -0.4 is 10.6 Å². The van der Waals surface area contributed by atoms with E-state index in [1.807, 2.05) is 38.1 Å². The van der Waals surface area contributed by atoms with Crippen molar-refractivity contribution < 1.29 is 14.3 Å². The number of imidazole rings is 1. The second-order valence-electron chi connectivity index (χ2n) is 7.34. The van der Waals surface area contributed by atoms with E-state index in [4.69, 9.17) is 4.74 Å². The van der Waals surface area contributed by atoms with E-state index in [0.29, 0.717) is 17.7 Å². The highest BCUT2D eigenvalue weighted by molar-refractivity contribution is 6.06. The Kier molecular flexibility index (Phi) is 5.31. The van der Waals surface area contributed by atoms with Gasteiger partial charge >= 0.3 is 0 Å². The van der Waals surface area contributed by atoms with Gasteiger partial charge in [-0.25, -0.2) is 4.98 Å². The fourth-order valence-electron chi connectivity index (χ4n) is 3.47. The quantitative estimate of drug-likeness (QED) is 0.699. The molecular formula is C22H24N4O3. The Morgan fingerprint density at radius 3 is 2.79 bits per heavy atom. The van der Waals surface area contributed by atoms with Gasteiger partial charge in [0.15, 0.2) is 5.69 Å². The largest absolute Gasteiger partial charge is 0.376 e. The van der Waals surface area contributed by atoms with E-state index in [9.17, 15) is 9.59 Å². The molecule has 2 N–H and O–H groups in total. The minimum atomic E-state index is -0.368. The summed E-state index contributed by atoms with van der Waals surface area (Å²) >= 11 is 0. The summed E-state index contributed by atoms with van der Waals surface area (Å²) in [6, 6.07) is 11.1. The van der Waals surface area contributed by atoms with Gasteiger partial charge in [0.25, 0.3) is 11.8 Å². The van der Waals surface area contributed by atoms with E-state index in [1.165, 1.54) is 0 Å². The van der Waals surface area contributed by atoms with Crippen molar-refractivity contribution >= 4 is 23.0 Å². The Bertz CT molecular complexity index is 1070. The van der Waals surface area contributed by atoms with Crippen LogP contribution >= 0.6 is 0 Å². The molecule has 1 unspecified atom stereocenters. The number of aryl methyl sites for hydroxylation is 2. The molecule has 1 aliphatic rings. The van der Waals surface area contributed by atoms with Crippen LogP contribution in [0.25, 0.3) is 5.52 Å². The van der Waals surface area contributed by atoms with Crippen molar-refractivity contribution in [2.45, 2.75) is 32.8 Å². The molecule has 7 nitrogen and oxygen atoms in total. The molecule has 150 valence electrons. The smallest absolute Gasteiger partial charge is 0.292 e. The maximum Gasteiger partial charge on any atom is 0.292 e. The molecule has 2 amide bonds. The highest BCUT2D eigenvalue weighted by atomic mass is 16.5. The van der Waals surface area contributed by atoms with E-state index >= 15 is 0 Å². The third kappa shape index (κ3) is 4.00. The number of aromatic nitrogens is 2. The molecule has 0 aliphatic carbocycles. The molecule has 3 aromatic rings. The lowest BCUT2D eigenvalue weighted by Crippen LogP contribution is -2.32. The fourth-order valence-corrected chi connectivity index (χ4v) is 3.47. The van der Waals surface area contributed by atoms with Crippen molar-refractivity contribution in [2.24, 2.45) is 0 Å². The van der Waals surface area contributed by atoms with Crippen LogP contribution in [0, 0.1) is 13.8 Å². The van der Waals surface area contributed by atoms with Gasteiger partial charge in [-0.05, 0) is 62.1 Å². The average Bonchev–Trinajstić information content (AvgIpc) is 3.37. The zero-order valence-electron chi connectivity index (χ0n) is 16.6. The van der Waals surface area contributed by atoms with Crippen LogP contribution in [0.15, 0.2) is 42.6 Å². The van der Waals surface area contributed by atoms with Gasteiger partial charge in [0.05, 0.1) is 11.6 Å². The number of anilines is 1. The lowest BCUT2D eigenvalue weighted by Gasteiger charge is -2.09. The normalized spacial score (nSPS) is 16.1. The number of carbonyl (C=O) groups excluding carboxylic acids is 2. The Balaban J connectivity index is 1.58. The second-order valence-corrected chi connectivity index (χ2v) is 7.34. The second kappa shape index (κ2) is 8.05. The lowest BCUT2D eigenvalue weighted by atomic mass is 10.1. The summed E-state index contributed by atoms with van der Waals surface area (Å²) in [5, 5.41) is 5.75. The van der Waals surface area contributed by atoms with Gasteiger partial charge in [0.2, 0.25) is 5.82 Å². The summed E-state index contributed by atoms with van der Waals surface area (Å²) in [6.07, 6.45) is 3.72. The summed E-state index contributed by atoms with van der Waals surface area (Å²) in [5.74, 6) is -0.511. The van der Waals surface area contributed by atoms with Crippen molar-refractivity contribution in [3.8, 4) is 0 Å². The Hall–Kier alpha value is -3.19.